The summed E-state index contributed by atoms with van der Waals surface area (Å²) in [6.07, 6.45) is 28.3. The molecule has 3 aromatic heterocycles. The predicted molar refractivity (Wildman–Crippen MR) is 173 cm³/mol. The Labute approximate surface area is 305 Å². The number of pyridine rings is 3. The molecule has 4 aromatic rings. The summed E-state index contributed by atoms with van der Waals surface area (Å²) in [7, 11) is 0. The van der Waals surface area contributed by atoms with Crippen LogP contribution in [-0.4, -0.2) is 0 Å². The van der Waals surface area contributed by atoms with Crippen LogP contribution in [0.15, 0.2) is 91.8 Å². The number of nitrogens with zero attached hydrogens (tertiary/aromatic N) is 3. The van der Waals surface area contributed by atoms with E-state index in [4.69, 9.17) is 0 Å². The molecule has 0 unspecified atom stereocenters. The Morgan fingerprint density at radius 2 is 0.600 bits per heavy atom. The van der Waals surface area contributed by atoms with Gasteiger partial charge in [-0.2, -0.15) is 0 Å². The van der Waals surface area contributed by atoms with Crippen molar-refractivity contribution >= 4 is 0 Å². The van der Waals surface area contributed by atoms with Crippen molar-refractivity contribution in [3.05, 3.63) is 125 Å². The van der Waals surface area contributed by atoms with Gasteiger partial charge < -0.3 is 50.9 Å². The van der Waals surface area contributed by atoms with Crippen LogP contribution in [0.5, 0.6) is 0 Å². The Hall–Kier alpha value is -1.89. The van der Waals surface area contributed by atoms with Crippen molar-refractivity contribution in [3.8, 4) is 0 Å². The van der Waals surface area contributed by atoms with Crippen LogP contribution in [0.2, 0.25) is 0 Å². The monoisotopic (exact) mass is 801 g/mol. The standard InChI is InChI=1S/C39H54N3.3BrH/c1-34-16-25-40(26-17-34)22-10-4-7-13-37-31-38(14-8-5-11-23-41-27-18-35(2)19-28-41)33-39(32-37)15-9-6-12-24-42-29-20-36(3)21-30-42;;;/h16-21,25-33H,4-15,22-24H2,1-3H3;3*1H/q+3;;;/p-3. The van der Waals surface area contributed by atoms with E-state index in [0.29, 0.717) is 0 Å². The molecule has 4 rings (SSSR count). The summed E-state index contributed by atoms with van der Waals surface area (Å²) in [6.45, 7) is 9.82. The van der Waals surface area contributed by atoms with E-state index in [9.17, 15) is 0 Å². The lowest BCUT2D eigenvalue weighted by molar-refractivity contribution is -0.697. The number of hydrogen-bond acceptors (Lipinski definition) is 0. The van der Waals surface area contributed by atoms with E-state index in [-0.39, 0.29) is 50.9 Å². The Balaban J connectivity index is 0.00000337. The average Bonchev–Trinajstić information content (AvgIpc) is 2.99. The molecule has 0 atom stereocenters. The highest BCUT2D eigenvalue weighted by molar-refractivity contribution is 5.31. The molecule has 6 heteroatoms. The van der Waals surface area contributed by atoms with Gasteiger partial charge in [0, 0.05) is 55.7 Å². The molecule has 0 aliphatic heterocycles. The zero-order chi connectivity index (χ0) is 29.4. The zero-order valence-corrected chi connectivity index (χ0v) is 32.5. The first-order valence-corrected chi connectivity index (χ1v) is 16.5. The van der Waals surface area contributed by atoms with Gasteiger partial charge in [-0.05, 0) is 112 Å². The van der Waals surface area contributed by atoms with Crippen molar-refractivity contribution in [2.75, 3.05) is 0 Å². The Morgan fingerprint density at radius 3 is 0.844 bits per heavy atom. The van der Waals surface area contributed by atoms with Gasteiger partial charge in [0.05, 0.1) is 0 Å². The second kappa shape index (κ2) is 23.4. The second-order valence-corrected chi connectivity index (χ2v) is 12.4. The van der Waals surface area contributed by atoms with Gasteiger partial charge in [0.2, 0.25) is 0 Å². The van der Waals surface area contributed by atoms with E-state index in [1.165, 1.54) is 93.7 Å². The molecule has 0 bridgehead atoms. The number of unbranched alkanes of at least 4 members (excludes halogenated alkanes) is 6. The Kier molecular flexibility index (Phi) is 21.4. The summed E-state index contributed by atoms with van der Waals surface area (Å²) in [5, 5.41) is 0. The maximum atomic E-state index is 2.51. The zero-order valence-electron chi connectivity index (χ0n) is 27.7. The predicted octanol–water partition coefficient (Wildman–Crippen LogP) is -1.27. The van der Waals surface area contributed by atoms with Crippen molar-refractivity contribution in [2.45, 2.75) is 117 Å². The molecule has 3 heterocycles. The van der Waals surface area contributed by atoms with Gasteiger partial charge in [0.15, 0.2) is 37.2 Å². The van der Waals surface area contributed by atoms with Crippen molar-refractivity contribution < 1.29 is 64.6 Å². The quantitative estimate of drug-likeness (QED) is 0.0880. The molecular formula is C39H54Br3N3. The number of benzene rings is 1. The molecule has 0 amide bonds. The number of hydrogen-bond donors (Lipinski definition) is 0. The molecule has 0 radical (unpaired) electrons. The number of aryl methyl sites for hydroxylation is 9. The lowest BCUT2D eigenvalue weighted by Crippen LogP contribution is -3.00. The molecule has 0 fully saturated rings. The maximum Gasteiger partial charge on any atom is 0.169 e. The molecular weight excluding hydrogens is 750 g/mol. The Morgan fingerprint density at radius 1 is 0.356 bits per heavy atom. The van der Waals surface area contributed by atoms with Crippen LogP contribution in [0.25, 0.3) is 0 Å². The van der Waals surface area contributed by atoms with Crippen LogP contribution in [0.4, 0.5) is 0 Å². The van der Waals surface area contributed by atoms with Crippen LogP contribution >= 0.6 is 0 Å². The highest BCUT2D eigenvalue weighted by atomic mass is 79.9. The molecule has 0 spiro atoms. The summed E-state index contributed by atoms with van der Waals surface area (Å²) in [5.41, 5.74) is 8.65. The number of halogens is 3. The van der Waals surface area contributed by atoms with Gasteiger partial charge in [-0.15, -0.1) is 0 Å². The molecule has 0 aliphatic carbocycles. The van der Waals surface area contributed by atoms with Crippen molar-refractivity contribution in [3.63, 3.8) is 0 Å². The molecule has 246 valence electrons. The van der Waals surface area contributed by atoms with Crippen molar-refractivity contribution in [1.29, 1.82) is 0 Å². The lowest BCUT2D eigenvalue weighted by Gasteiger charge is -2.11. The molecule has 0 N–H and O–H groups in total. The van der Waals surface area contributed by atoms with Crippen molar-refractivity contribution in [2.24, 2.45) is 0 Å². The van der Waals surface area contributed by atoms with E-state index in [1.807, 2.05) is 0 Å². The molecule has 0 aliphatic rings. The van der Waals surface area contributed by atoms with Crippen LogP contribution in [0.1, 0.15) is 91.2 Å². The summed E-state index contributed by atoms with van der Waals surface area (Å²) in [6, 6.07) is 20.8. The summed E-state index contributed by atoms with van der Waals surface area (Å²) < 4.78 is 6.96. The van der Waals surface area contributed by atoms with Crippen LogP contribution < -0.4 is 64.6 Å². The number of aromatic nitrogens is 3. The topological polar surface area (TPSA) is 11.6 Å². The van der Waals surface area contributed by atoms with Crippen LogP contribution in [0.3, 0.4) is 0 Å². The second-order valence-electron chi connectivity index (χ2n) is 12.4. The number of rotatable bonds is 18. The molecule has 0 saturated heterocycles. The van der Waals surface area contributed by atoms with Gasteiger partial charge >= 0.3 is 0 Å². The molecule has 3 nitrogen and oxygen atoms in total. The fourth-order valence-electron chi connectivity index (χ4n) is 5.72. The maximum absolute atomic E-state index is 2.51. The average molecular weight is 805 g/mol. The van der Waals surface area contributed by atoms with Crippen molar-refractivity contribution in [1.82, 2.24) is 0 Å². The van der Waals surface area contributed by atoms with Gasteiger partial charge in [0.1, 0.15) is 19.6 Å². The van der Waals surface area contributed by atoms with E-state index in [1.54, 1.807) is 16.7 Å². The minimum atomic E-state index is 0. The minimum Gasteiger partial charge on any atom is -1.00 e. The third-order valence-corrected chi connectivity index (χ3v) is 8.43. The summed E-state index contributed by atoms with van der Waals surface area (Å²) in [4.78, 5) is 0. The smallest absolute Gasteiger partial charge is 0.169 e. The van der Waals surface area contributed by atoms with E-state index >= 15 is 0 Å². The SMILES string of the molecule is Cc1cc[n+](CCCCCc2cc(CCCCC[n+]3ccc(C)cc3)cc(CCCCC[n+]3ccc(C)cc3)c2)cc1.[Br-].[Br-].[Br-]. The molecule has 0 saturated carbocycles. The third kappa shape index (κ3) is 16.5. The van der Waals surface area contributed by atoms with Gasteiger partial charge in [0.25, 0.3) is 0 Å². The third-order valence-electron chi connectivity index (χ3n) is 8.43. The summed E-state index contributed by atoms with van der Waals surface area (Å²) in [5.74, 6) is 0. The largest absolute Gasteiger partial charge is 1.00 e. The van der Waals surface area contributed by atoms with Crippen LogP contribution in [0, 0.1) is 20.8 Å². The van der Waals surface area contributed by atoms with E-state index in [2.05, 4.69) is 126 Å². The van der Waals surface area contributed by atoms with Gasteiger partial charge in [-0.3, -0.25) is 0 Å². The first-order chi connectivity index (χ1) is 20.5. The normalized spacial score (nSPS) is 10.5. The van der Waals surface area contributed by atoms with Crippen LogP contribution in [-0.2, 0) is 38.9 Å². The lowest BCUT2D eigenvalue weighted by atomic mass is 9.95. The minimum absolute atomic E-state index is 0. The van der Waals surface area contributed by atoms with Gasteiger partial charge in [-0.1, -0.05) is 18.2 Å². The van der Waals surface area contributed by atoms with E-state index < -0.39 is 0 Å². The van der Waals surface area contributed by atoms with E-state index in [0.717, 1.165) is 19.6 Å². The highest BCUT2D eigenvalue weighted by Crippen LogP contribution is 2.18. The fraction of sp³-hybridized carbons (Fsp3) is 0.462. The highest BCUT2D eigenvalue weighted by Gasteiger charge is 2.06. The first kappa shape index (κ1) is 41.1. The fourth-order valence-corrected chi connectivity index (χ4v) is 5.72. The Bertz CT molecular complexity index is 1150. The van der Waals surface area contributed by atoms with Gasteiger partial charge in [-0.25, -0.2) is 13.7 Å². The first-order valence-electron chi connectivity index (χ1n) is 16.5. The summed E-state index contributed by atoms with van der Waals surface area (Å²) >= 11 is 0. The molecule has 1 aromatic carbocycles. The molecule has 45 heavy (non-hydrogen) atoms.